The summed E-state index contributed by atoms with van der Waals surface area (Å²) in [7, 11) is 0. The van der Waals surface area contributed by atoms with Crippen LogP contribution in [0.4, 0.5) is 0 Å². The third kappa shape index (κ3) is 1.31. The lowest BCUT2D eigenvalue weighted by Crippen LogP contribution is -1.95. The van der Waals surface area contributed by atoms with Gasteiger partial charge in [-0.3, -0.25) is 0 Å². The molecule has 0 aliphatic rings. The zero-order chi connectivity index (χ0) is 7.68. The summed E-state index contributed by atoms with van der Waals surface area (Å²) in [5, 5.41) is 1.12. The molecule has 2 N–H and O–H groups in total. The molecule has 64 valence electrons. The van der Waals surface area contributed by atoms with Crippen molar-refractivity contribution in [3.63, 3.8) is 0 Å². The summed E-state index contributed by atoms with van der Waals surface area (Å²) in [6, 6.07) is 7.92. The van der Waals surface area contributed by atoms with Crippen molar-refractivity contribution in [3.8, 4) is 0 Å². The molecule has 2 rings (SSSR count). The third-order valence-corrected chi connectivity index (χ3v) is 1.78. The van der Waals surface area contributed by atoms with Gasteiger partial charge in [-0.05, 0) is 6.07 Å². The van der Waals surface area contributed by atoms with Gasteiger partial charge in [0.15, 0.2) is 0 Å². The van der Waals surface area contributed by atoms with Gasteiger partial charge in [-0.25, -0.2) is 0 Å². The highest BCUT2D eigenvalue weighted by Crippen LogP contribution is 2.18. The second kappa shape index (κ2) is 3.61. The molecule has 12 heavy (non-hydrogen) atoms. The van der Waals surface area contributed by atoms with E-state index in [-0.39, 0.29) is 12.4 Å². The zero-order valence-electron chi connectivity index (χ0n) is 6.49. The minimum Gasteiger partial charge on any atom is -0.464 e. The van der Waals surface area contributed by atoms with Gasteiger partial charge < -0.3 is 10.2 Å². The summed E-state index contributed by atoms with van der Waals surface area (Å²) in [5.74, 6) is 0. The standard InChI is InChI=1S/C9H9NO.ClH/c10-6-8-3-1-2-7-4-5-11-9(7)8;/h1-5H,6,10H2;1H. The fourth-order valence-electron chi connectivity index (χ4n) is 1.22. The van der Waals surface area contributed by atoms with E-state index < -0.39 is 0 Å². The summed E-state index contributed by atoms with van der Waals surface area (Å²) in [6.07, 6.45) is 1.68. The minimum absolute atomic E-state index is 0. The molecule has 0 bridgehead atoms. The summed E-state index contributed by atoms with van der Waals surface area (Å²) in [4.78, 5) is 0. The molecule has 1 aromatic carbocycles. The van der Waals surface area contributed by atoms with Crippen molar-refractivity contribution in [1.82, 2.24) is 0 Å². The van der Waals surface area contributed by atoms with E-state index in [1.807, 2.05) is 24.3 Å². The Labute approximate surface area is 76.8 Å². The number of fused-ring (bicyclic) bond motifs is 1. The molecule has 0 unspecified atom stereocenters. The van der Waals surface area contributed by atoms with Crippen LogP contribution in [0.1, 0.15) is 5.56 Å². The summed E-state index contributed by atoms with van der Waals surface area (Å²) in [5.41, 5.74) is 7.49. The van der Waals surface area contributed by atoms with Crippen molar-refractivity contribution in [2.45, 2.75) is 6.54 Å². The molecule has 0 amide bonds. The van der Waals surface area contributed by atoms with E-state index in [9.17, 15) is 0 Å². The van der Waals surface area contributed by atoms with Crippen LogP contribution in [-0.4, -0.2) is 0 Å². The number of halogens is 1. The first-order chi connectivity index (χ1) is 5.42. The Morgan fingerprint density at radius 1 is 1.25 bits per heavy atom. The Morgan fingerprint density at radius 3 is 2.83 bits per heavy atom. The number of benzene rings is 1. The molecule has 1 aromatic heterocycles. The maximum absolute atomic E-state index is 5.52. The van der Waals surface area contributed by atoms with Crippen molar-refractivity contribution < 1.29 is 4.42 Å². The minimum atomic E-state index is 0. The van der Waals surface area contributed by atoms with Crippen molar-refractivity contribution in [2.24, 2.45) is 5.73 Å². The lowest BCUT2D eigenvalue weighted by Gasteiger charge is -1.95. The van der Waals surface area contributed by atoms with Gasteiger partial charge in [0.1, 0.15) is 5.58 Å². The molecule has 0 radical (unpaired) electrons. The molecular formula is C9H10ClNO. The van der Waals surface area contributed by atoms with Crippen LogP contribution >= 0.6 is 12.4 Å². The topological polar surface area (TPSA) is 39.2 Å². The second-order valence-corrected chi connectivity index (χ2v) is 2.46. The maximum Gasteiger partial charge on any atom is 0.138 e. The van der Waals surface area contributed by atoms with Gasteiger partial charge in [0, 0.05) is 17.5 Å². The summed E-state index contributed by atoms with van der Waals surface area (Å²) in [6.45, 7) is 0.533. The fourth-order valence-corrected chi connectivity index (χ4v) is 1.22. The average molecular weight is 184 g/mol. The molecular weight excluding hydrogens is 174 g/mol. The Bertz CT molecular complexity index is 369. The Hall–Kier alpha value is -0.990. The first-order valence-corrected chi connectivity index (χ1v) is 3.57. The van der Waals surface area contributed by atoms with E-state index in [4.69, 9.17) is 10.2 Å². The van der Waals surface area contributed by atoms with Gasteiger partial charge in [0.2, 0.25) is 0 Å². The van der Waals surface area contributed by atoms with Crippen LogP contribution in [0.5, 0.6) is 0 Å². The quantitative estimate of drug-likeness (QED) is 0.737. The lowest BCUT2D eigenvalue weighted by molar-refractivity contribution is 0.611. The van der Waals surface area contributed by atoms with Crippen molar-refractivity contribution in [3.05, 3.63) is 36.1 Å². The average Bonchev–Trinajstić information content (AvgIpc) is 2.50. The third-order valence-electron chi connectivity index (χ3n) is 1.78. The summed E-state index contributed by atoms with van der Waals surface area (Å²) >= 11 is 0. The van der Waals surface area contributed by atoms with Gasteiger partial charge in [-0.15, -0.1) is 12.4 Å². The molecule has 3 heteroatoms. The van der Waals surface area contributed by atoms with E-state index in [2.05, 4.69) is 0 Å². The van der Waals surface area contributed by atoms with Crippen molar-refractivity contribution in [1.29, 1.82) is 0 Å². The highest BCUT2D eigenvalue weighted by Gasteiger charge is 1.99. The van der Waals surface area contributed by atoms with Gasteiger partial charge in [0.25, 0.3) is 0 Å². The molecule has 0 aliphatic carbocycles. The molecule has 2 aromatic rings. The molecule has 0 saturated carbocycles. The molecule has 0 saturated heterocycles. The van der Waals surface area contributed by atoms with Gasteiger partial charge >= 0.3 is 0 Å². The van der Waals surface area contributed by atoms with Crippen LogP contribution in [0.2, 0.25) is 0 Å². The lowest BCUT2D eigenvalue weighted by atomic mass is 10.1. The molecule has 2 nitrogen and oxygen atoms in total. The van der Waals surface area contributed by atoms with Gasteiger partial charge in [-0.2, -0.15) is 0 Å². The SMILES string of the molecule is Cl.NCc1cccc2ccoc12. The van der Waals surface area contributed by atoms with E-state index in [1.54, 1.807) is 6.26 Å². The Morgan fingerprint density at radius 2 is 2.08 bits per heavy atom. The smallest absolute Gasteiger partial charge is 0.138 e. The highest BCUT2D eigenvalue weighted by atomic mass is 35.5. The van der Waals surface area contributed by atoms with Crippen LogP contribution in [0.3, 0.4) is 0 Å². The number of furan rings is 1. The van der Waals surface area contributed by atoms with E-state index in [1.165, 1.54) is 0 Å². The van der Waals surface area contributed by atoms with Crippen LogP contribution < -0.4 is 5.73 Å². The van der Waals surface area contributed by atoms with Crippen molar-refractivity contribution >= 4 is 23.4 Å². The number of hydrogen-bond acceptors (Lipinski definition) is 2. The first kappa shape index (κ1) is 9.10. The number of hydrogen-bond donors (Lipinski definition) is 1. The van der Waals surface area contributed by atoms with Crippen molar-refractivity contribution in [2.75, 3.05) is 0 Å². The van der Waals surface area contributed by atoms with E-state index in [0.29, 0.717) is 6.54 Å². The van der Waals surface area contributed by atoms with Crippen LogP contribution in [0.25, 0.3) is 11.0 Å². The van der Waals surface area contributed by atoms with Gasteiger partial charge in [-0.1, -0.05) is 18.2 Å². The molecule has 0 spiro atoms. The second-order valence-electron chi connectivity index (χ2n) is 2.46. The van der Waals surface area contributed by atoms with E-state index >= 15 is 0 Å². The molecule has 1 heterocycles. The van der Waals surface area contributed by atoms with Crippen LogP contribution in [0, 0.1) is 0 Å². The molecule has 0 aliphatic heterocycles. The predicted octanol–water partition coefficient (Wildman–Crippen LogP) is 2.31. The fraction of sp³-hybridized carbons (Fsp3) is 0.111. The normalized spacial score (nSPS) is 9.75. The number of para-hydroxylation sites is 1. The van der Waals surface area contributed by atoms with E-state index in [0.717, 1.165) is 16.5 Å². The predicted molar refractivity (Wildman–Crippen MR) is 51.4 cm³/mol. The highest BCUT2D eigenvalue weighted by molar-refractivity contribution is 5.85. The zero-order valence-corrected chi connectivity index (χ0v) is 7.30. The van der Waals surface area contributed by atoms with Crippen LogP contribution in [-0.2, 0) is 6.54 Å². The van der Waals surface area contributed by atoms with Gasteiger partial charge in [0.05, 0.1) is 6.26 Å². The number of rotatable bonds is 1. The molecule has 0 fully saturated rings. The van der Waals surface area contributed by atoms with Crippen LogP contribution in [0.15, 0.2) is 34.9 Å². The first-order valence-electron chi connectivity index (χ1n) is 3.57. The summed E-state index contributed by atoms with van der Waals surface area (Å²) < 4.78 is 5.26. The molecule has 0 atom stereocenters. The Kier molecular flexibility index (Phi) is 2.74. The largest absolute Gasteiger partial charge is 0.464 e. The Balaban J connectivity index is 0.000000720. The maximum atomic E-state index is 5.52. The number of nitrogens with two attached hydrogens (primary N) is 1. The monoisotopic (exact) mass is 183 g/mol.